The molecule has 0 saturated carbocycles. The zero-order chi connectivity index (χ0) is 14.4. The molecule has 104 valence electrons. The molecule has 0 radical (unpaired) electrons. The van der Waals surface area contributed by atoms with E-state index in [2.05, 4.69) is 74.4 Å². The lowest BCUT2D eigenvalue weighted by atomic mass is 9.95. The van der Waals surface area contributed by atoms with E-state index in [1.54, 1.807) is 4.62 Å². The smallest absolute Gasteiger partial charge is 0.0291 e. The Bertz CT molecular complexity index is 382. The average molecular weight is 284 g/mol. The van der Waals surface area contributed by atoms with Gasteiger partial charge in [-0.05, 0) is 27.9 Å². The molecule has 0 aliphatic rings. The normalized spacial score (nSPS) is 14.3. The maximum absolute atomic E-state index is 2.39. The highest BCUT2D eigenvalue weighted by Gasteiger charge is 2.37. The summed E-state index contributed by atoms with van der Waals surface area (Å²) in [6.45, 7) is 21.2. The van der Waals surface area contributed by atoms with Crippen molar-refractivity contribution in [2.24, 2.45) is 0 Å². The summed E-state index contributed by atoms with van der Waals surface area (Å²) in [5.74, 6) is 0. The fraction of sp³-hybridized carbons (Fsp3) is 0.750. The molecule has 0 N–H and O–H groups in total. The van der Waals surface area contributed by atoms with Crippen LogP contribution in [-0.4, -0.2) is 10.3 Å². The summed E-state index contributed by atoms with van der Waals surface area (Å²) in [6, 6.07) is 4.72. The molecule has 1 heterocycles. The number of thiophene rings is 1. The van der Waals surface area contributed by atoms with Crippen molar-refractivity contribution in [2.45, 2.75) is 78.0 Å². The Labute approximate surface area is 119 Å². The van der Waals surface area contributed by atoms with Gasteiger partial charge in [-0.25, -0.2) is 0 Å². The van der Waals surface area contributed by atoms with Gasteiger partial charge in [-0.2, -0.15) is 0 Å². The van der Waals surface area contributed by atoms with Gasteiger partial charge in [0.1, 0.15) is 0 Å². The van der Waals surface area contributed by atoms with Crippen molar-refractivity contribution in [1.82, 2.24) is 0 Å². The second kappa shape index (κ2) is 4.91. The molecule has 0 saturated heterocycles. The monoisotopic (exact) mass is 284 g/mol. The highest BCUT2D eigenvalue weighted by Crippen LogP contribution is 2.59. The molecule has 18 heavy (non-hydrogen) atoms. The minimum absolute atomic E-state index is 0.146. The summed E-state index contributed by atoms with van der Waals surface area (Å²) in [4.78, 5) is 1.51. The van der Waals surface area contributed by atoms with Crippen molar-refractivity contribution in [1.29, 1.82) is 0 Å². The highest BCUT2D eigenvalue weighted by molar-refractivity contribution is 7.74. The summed E-state index contributed by atoms with van der Waals surface area (Å²) in [5, 5.41) is 0.737. The fourth-order valence-electron chi connectivity index (χ4n) is 2.52. The molecule has 1 aromatic heterocycles. The average Bonchev–Trinajstić information content (AvgIpc) is 2.45. The summed E-state index contributed by atoms with van der Waals surface area (Å²) in [6.07, 6.45) is 0. The van der Waals surface area contributed by atoms with Crippen LogP contribution in [0.4, 0.5) is 0 Å². The summed E-state index contributed by atoms with van der Waals surface area (Å²) < 4.78 is 1.61. The van der Waals surface area contributed by atoms with E-state index >= 15 is 0 Å². The van der Waals surface area contributed by atoms with Gasteiger partial charge in [-0.3, -0.25) is 0 Å². The lowest BCUT2D eigenvalue weighted by molar-refractivity contribution is 0.604. The van der Waals surface area contributed by atoms with Crippen LogP contribution in [-0.2, 0) is 5.41 Å². The number of rotatable bonds is 1. The van der Waals surface area contributed by atoms with E-state index in [-0.39, 0.29) is 13.3 Å². The van der Waals surface area contributed by atoms with E-state index in [9.17, 15) is 0 Å². The molecule has 1 rings (SSSR count). The lowest BCUT2D eigenvalue weighted by Gasteiger charge is -2.40. The third-order valence-electron chi connectivity index (χ3n) is 2.89. The molecule has 0 fully saturated rings. The number of hydrogen-bond donors (Lipinski definition) is 0. The Kier molecular flexibility index (Phi) is 4.41. The Hall–Kier alpha value is 0.130. The van der Waals surface area contributed by atoms with E-state index in [0.717, 1.165) is 0 Å². The first kappa shape index (κ1) is 16.2. The molecule has 0 unspecified atom stereocenters. The SMILES string of the molecule is CC(C)(C)c1ccc(P(C(C)(C)C)C(C)(C)C)s1. The van der Waals surface area contributed by atoms with Crippen LogP contribution in [0.25, 0.3) is 0 Å². The molecule has 0 aliphatic carbocycles. The van der Waals surface area contributed by atoms with Crippen molar-refractivity contribution < 1.29 is 0 Å². The molecule has 0 spiro atoms. The van der Waals surface area contributed by atoms with Crippen LogP contribution < -0.4 is 4.62 Å². The largest absolute Gasteiger partial charge is 0.140 e. The molecular weight excluding hydrogens is 255 g/mol. The van der Waals surface area contributed by atoms with E-state index in [1.807, 2.05) is 11.3 Å². The molecule has 2 heteroatoms. The zero-order valence-electron chi connectivity index (χ0n) is 13.5. The van der Waals surface area contributed by atoms with Gasteiger partial charge in [0.2, 0.25) is 0 Å². The molecule has 0 nitrogen and oxygen atoms in total. The predicted molar refractivity (Wildman–Crippen MR) is 89.1 cm³/mol. The third-order valence-corrected chi connectivity index (χ3v) is 8.30. The van der Waals surface area contributed by atoms with Crippen LogP contribution in [0.5, 0.6) is 0 Å². The molecular formula is C16H29PS. The predicted octanol–water partition coefficient (Wildman–Crippen LogP) is 5.75. The summed E-state index contributed by atoms with van der Waals surface area (Å²) in [5.41, 5.74) is 0.277. The second-order valence-corrected chi connectivity index (χ2v) is 13.3. The van der Waals surface area contributed by atoms with Crippen molar-refractivity contribution >= 4 is 23.9 Å². The van der Waals surface area contributed by atoms with E-state index in [0.29, 0.717) is 10.3 Å². The van der Waals surface area contributed by atoms with Crippen LogP contribution in [0, 0.1) is 0 Å². The quantitative estimate of drug-likeness (QED) is 0.576. The maximum Gasteiger partial charge on any atom is 0.0291 e. The topological polar surface area (TPSA) is 0 Å². The maximum atomic E-state index is 2.39. The molecule has 0 aromatic carbocycles. The molecule has 0 aliphatic heterocycles. The van der Waals surface area contributed by atoms with Crippen LogP contribution in [0.2, 0.25) is 0 Å². The first-order valence-electron chi connectivity index (χ1n) is 6.74. The van der Waals surface area contributed by atoms with Crippen LogP contribution in [0.15, 0.2) is 12.1 Å². The first-order chi connectivity index (χ1) is 7.83. The Balaban J connectivity index is 3.21. The molecule has 0 amide bonds. The van der Waals surface area contributed by atoms with Crippen LogP contribution in [0.3, 0.4) is 0 Å². The Morgan fingerprint density at radius 2 is 1.22 bits per heavy atom. The van der Waals surface area contributed by atoms with Crippen molar-refractivity contribution in [2.75, 3.05) is 0 Å². The van der Waals surface area contributed by atoms with Gasteiger partial charge in [0, 0.05) is 9.50 Å². The van der Waals surface area contributed by atoms with E-state index in [4.69, 9.17) is 0 Å². The van der Waals surface area contributed by atoms with Gasteiger partial charge >= 0.3 is 0 Å². The zero-order valence-corrected chi connectivity index (χ0v) is 15.2. The molecule has 0 atom stereocenters. The first-order valence-corrected chi connectivity index (χ1v) is 8.90. The van der Waals surface area contributed by atoms with E-state index in [1.165, 1.54) is 4.88 Å². The van der Waals surface area contributed by atoms with Gasteiger partial charge in [0.05, 0.1) is 0 Å². The van der Waals surface area contributed by atoms with Crippen molar-refractivity contribution in [3.8, 4) is 0 Å². The Morgan fingerprint density at radius 1 is 0.778 bits per heavy atom. The van der Waals surface area contributed by atoms with Crippen LogP contribution in [0.1, 0.15) is 67.2 Å². The molecule has 1 aromatic rings. The van der Waals surface area contributed by atoms with Gasteiger partial charge < -0.3 is 0 Å². The molecule has 0 bridgehead atoms. The standard InChI is InChI=1S/C16H29PS/c1-14(2,3)12-10-11-13(18-12)17(15(4,5)6)16(7,8)9/h10-11H,1-9H3. The highest BCUT2D eigenvalue weighted by atomic mass is 32.1. The second-order valence-electron chi connectivity index (χ2n) is 8.06. The van der Waals surface area contributed by atoms with Gasteiger partial charge in [0.25, 0.3) is 0 Å². The minimum Gasteiger partial charge on any atom is -0.140 e. The minimum atomic E-state index is -0.146. The lowest BCUT2D eigenvalue weighted by Crippen LogP contribution is -2.29. The summed E-state index contributed by atoms with van der Waals surface area (Å²) in [7, 11) is -0.146. The van der Waals surface area contributed by atoms with Crippen molar-refractivity contribution in [3.63, 3.8) is 0 Å². The fourth-order valence-corrected chi connectivity index (χ4v) is 9.18. The number of hydrogen-bond acceptors (Lipinski definition) is 1. The van der Waals surface area contributed by atoms with Crippen molar-refractivity contribution in [3.05, 3.63) is 17.0 Å². The van der Waals surface area contributed by atoms with Gasteiger partial charge in [-0.15, -0.1) is 11.3 Å². The van der Waals surface area contributed by atoms with Gasteiger partial charge in [0.15, 0.2) is 0 Å². The Morgan fingerprint density at radius 3 is 1.50 bits per heavy atom. The third kappa shape index (κ3) is 3.81. The van der Waals surface area contributed by atoms with Crippen LogP contribution >= 0.6 is 19.3 Å². The van der Waals surface area contributed by atoms with E-state index < -0.39 is 0 Å². The summed E-state index contributed by atoms with van der Waals surface area (Å²) >= 11 is 2.03. The van der Waals surface area contributed by atoms with Gasteiger partial charge in [-0.1, -0.05) is 70.2 Å².